The molecule has 13 heavy (non-hydrogen) atoms. The van der Waals surface area contributed by atoms with Gasteiger partial charge in [-0.05, 0) is 12.8 Å². The van der Waals surface area contributed by atoms with Crippen molar-refractivity contribution in [2.45, 2.75) is 19.3 Å². The molecule has 0 heterocycles. The van der Waals surface area contributed by atoms with Crippen LogP contribution in [0.15, 0.2) is 0 Å². The van der Waals surface area contributed by atoms with Crippen molar-refractivity contribution in [1.29, 1.82) is 0 Å². The molecule has 2 N–H and O–H groups in total. The number of hydrogen-bond donors (Lipinski definition) is 2. The van der Waals surface area contributed by atoms with E-state index in [1.54, 1.807) is 0 Å². The Hall–Kier alpha value is -1.39. The molecule has 0 aromatic carbocycles. The van der Waals surface area contributed by atoms with Crippen LogP contribution in [-0.2, 0) is 14.4 Å². The molecular weight excluding hydrogens is 176 g/mol. The van der Waals surface area contributed by atoms with E-state index in [1.165, 1.54) is 0 Å². The Balaban J connectivity index is 2.69. The first-order valence-electron chi connectivity index (χ1n) is 4.03. The molecule has 0 radical (unpaired) electrons. The summed E-state index contributed by atoms with van der Waals surface area (Å²) in [6.45, 7) is 0. The zero-order chi connectivity index (χ0) is 10.0. The predicted octanol–water partition coefficient (Wildman–Crippen LogP) is 0.141. The van der Waals surface area contributed by atoms with Crippen LogP contribution in [0.2, 0.25) is 0 Å². The third-order valence-corrected chi connectivity index (χ3v) is 2.29. The number of carbonyl (C=O) groups excluding carboxylic acids is 1. The molecule has 0 aromatic rings. The minimum Gasteiger partial charge on any atom is -0.480 e. The van der Waals surface area contributed by atoms with Crippen molar-refractivity contribution in [3.05, 3.63) is 0 Å². The Labute approximate surface area is 74.4 Å². The number of carboxylic acid groups (broad SMARTS) is 2. The summed E-state index contributed by atoms with van der Waals surface area (Å²) in [5.41, 5.74) is 0. The fraction of sp³-hybridized carbons (Fsp3) is 0.625. The van der Waals surface area contributed by atoms with Crippen LogP contribution in [-0.4, -0.2) is 27.9 Å². The molecular formula is C8H10O5. The second-order valence-electron chi connectivity index (χ2n) is 3.14. The van der Waals surface area contributed by atoms with Gasteiger partial charge in [-0.1, -0.05) is 6.42 Å². The normalized spacial score (nSPS) is 16.7. The van der Waals surface area contributed by atoms with E-state index in [4.69, 9.17) is 10.2 Å². The maximum absolute atomic E-state index is 11.2. The summed E-state index contributed by atoms with van der Waals surface area (Å²) in [4.78, 5) is 32.1. The van der Waals surface area contributed by atoms with Crippen LogP contribution in [0.3, 0.4) is 0 Å². The molecule has 72 valence electrons. The van der Waals surface area contributed by atoms with Gasteiger partial charge in [0.2, 0.25) is 5.92 Å². The highest BCUT2D eigenvalue weighted by Gasteiger charge is 2.40. The van der Waals surface area contributed by atoms with E-state index in [9.17, 15) is 14.4 Å². The average molecular weight is 186 g/mol. The number of carboxylic acids is 2. The van der Waals surface area contributed by atoms with Crippen molar-refractivity contribution < 1.29 is 24.6 Å². The summed E-state index contributed by atoms with van der Waals surface area (Å²) in [5.74, 6) is -6.01. The van der Waals surface area contributed by atoms with Gasteiger partial charge >= 0.3 is 11.9 Å². The quantitative estimate of drug-likeness (QED) is 0.609. The van der Waals surface area contributed by atoms with Gasteiger partial charge in [-0.2, -0.15) is 0 Å². The molecule has 5 nitrogen and oxygen atoms in total. The third-order valence-electron chi connectivity index (χ3n) is 2.29. The van der Waals surface area contributed by atoms with Gasteiger partial charge in [-0.3, -0.25) is 14.4 Å². The number of ketones is 1. The van der Waals surface area contributed by atoms with Crippen LogP contribution in [0.5, 0.6) is 0 Å². The third kappa shape index (κ3) is 1.85. The van der Waals surface area contributed by atoms with E-state index in [2.05, 4.69) is 0 Å². The van der Waals surface area contributed by atoms with E-state index < -0.39 is 23.6 Å². The Morgan fingerprint density at radius 1 is 1.08 bits per heavy atom. The van der Waals surface area contributed by atoms with Crippen molar-refractivity contribution in [3.63, 3.8) is 0 Å². The van der Waals surface area contributed by atoms with Gasteiger partial charge in [0.15, 0.2) is 5.78 Å². The summed E-state index contributed by atoms with van der Waals surface area (Å²) in [6.07, 6.45) is 2.12. The molecule has 0 unspecified atom stereocenters. The summed E-state index contributed by atoms with van der Waals surface area (Å²) < 4.78 is 0. The summed E-state index contributed by atoms with van der Waals surface area (Å²) in [6, 6.07) is 0. The van der Waals surface area contributed by atoms with Crippen LogP contribution in [0.4, 0.5) is 0 Å². The highest BCUT2D eigenvalue weighted by Crippen LogP contribution is 2.29. The highest BCUT2D eigenvalue weighted by molar-refractivity contribution is 6.14. The Morgan fingerprint density at radius 2 is 1.54 bits per heavy atom. The second kappa shape index (κ2) is 3.55. The minimum absolute atomic E-state index is 0.350. The average Bonchev–Trinajstić information content (AvgIpc) is 1.79. The molecule has 0 bridgehead atoms. The topological polar surface area (TPSA) is 91.7 Å². The van der Waals surface area contributed by atoms with E-state index in [-0.39, 0.29) is 5.92 Å². The lowest BCUT2D eigenvalue weighted by atomic mass is 9.78. The maximum Gasteiger partial charge on any atom is 0.325 e. The van der Waals surface area contributed by atoms with Crippen molar-refractivity contribution >= 4 is 17.7 Å². The molecule has 0 amide bonds. The molecule has 0 aromatic heterocycles. The smallest absolute Gasteiger partial charge is 0.325 e. The summed E-state index contributed by atoms with van der Waals surface area (Å²) >= 11 is 0. The highest BCUT2D eigenvalue weighted by atomic mass is 16.4. The molecule has 1 saturated carbocycles. The first-order valence-corrected chi connectivity index (χ1v) is 4.03. The van der Waals surface area contributed by atoms with Crippen LogP contribution in [0, 0.1) is 11.8 Å². The van der Waals surface area contributed by atoms with Crippen LogP contribution >= 0.6 is 0 Å². The van der Waals surface area contributed by atoms with Crippen molar-refractivity contribution in [2.24, 2.45) is 11.8 Å². The van der Waals surface area contributed by atoms with Crippen molar-refractivity contribution in [1.82, 2.24) is 0 Å². The number of hydrogen-bond acceptors (Lipinski definition) is 3. The Morgan fingerprint density at radius 3 is 1.77 bits per heavy atom. The molecule has 0 saturated heterocycles. The molecule has 0 spiro atoms. The molecule has 0 atom stereocenters. The number of rotatable bonds is 4. The SMILES string of the molecule is O=C(O)C(C(=O)O)C(=O)C1CCC1. The summed E-state index contributed by atoms with van der Waals surface area (Å²) in [5, 5.41) is 17.0. The zero-order valence-electron chi connectivity index (χ0n) is 6.90. The second-order valence-corrected chi connectivity index (χ2v) is 3.14. The van der Waals surface area contributed by atoms with Gasteiger partial charge in [0.05, 0.1) is 0 Å². The summed E-state index contributed by atoms with van der Waals surface area (Å²) in [7, 11) is 0. The largest absolute Gasteiger partial charge is 0.480 e. The first kappa shape index (κ1) is 9.70. The van der Waals surface area contributed by atoms with E-state index in [0.29, 0.717) is 12.8 Å². The standard InChI is InChI=1S/C8H10O5/c9-6(4-2-1-3-4)5(7(10)11)8(12)13/h4-5H,1-3H2,(H,10,11)(H,12,13). The van der Waals surface area contributed by atoms with E-state index >= 15 is 0 Å². The first-order chi connectivity index (χ1) is 6.04. The lowest BCUT2D eigenvalue weighted by molar-refractivity contribution is -0.159. The van der Waals surface area contributed by atoms with E-state index in [1.807, 2.05) is 0 Å². The van der Waals surface area contributed by atoms with Gasteiger partial charge in [0.1, 0.15) is 0 Å². The number of Topliss-reactive ketones (excluding diaryl/α,β-unsaturated/α-hetero) is 1. The lowest BCUT2D eigenvalue weighted by Gasteiger charge is -2.25. The molecule has 1 aliphatic carbocycles. The van der Waals surface area contributed by atoms with Crippen molar-refractivity contribution in [2.75, 3.05) is 0 Å². The molecule has 1 aliphatic rings. The van der Waals surface area contributed by atoms with Gasteiger partial charge in [0, 0.05) is 5.92 Å². The fourth-order valence-electron chi connectivity index (χ4n) is 1.28. The maximum atomic E-state index is 11.2. The van der Waals surface area contributed by atoms with Crippen LogP contribution < -0.4 is 0 Å². The molecule has 5 heteroatoms. The Kier molecular flexibility index (Phi) is 2.65. The predicted molar refractivity (Wildman–Crippen MR) is 41.1 cm³/mol. The van der Waals surface area contributed by atoms with Gasteiger partial charge < -0.3 is 10.2 Å². The number of aliphatic carboxylic acids is 2. The van der Waals surface area contributed by atoms with Crippen molar-refractivity contribution in [3.8, 4) is 0 Å². The fourth-order valence-corrected chi connectivity index (χ4v) is 1.28. The van der Waals surface area contributed by atoms with Crippen LogP contribution in [0.1, 0.15) is 19.3 Å². The molecule has 1 fully saturated rings. The minimum atomic E-state index is -1.87. The van der Waals surface area contributed by atoms with Gasteiger partial charge in [0.25, 0.3) is 0 Å². The van der Waals surface area contributed by atoms with Gasteiger partial charge in [-0.25, -0.2) is 0 Å². The van der Waals surface area contributed by atoms with E-state index in [0.717, 1.165) is 6.42 Å². The molecule has 1 rings (SSSR count). The zero-order valence-corrected chi connectivity index (χ0v) is 6.90. The monoisotopic (exact) mass is 186 g/mol. The van der Waals surface area contributed by atoms with Crippen LogP contribution in [0.25, 0.3) is 0 Å². The lowest BCUT2D eigenvalue weighted by Crippen LogP contribution is -2.38. The van der Waals surface area contributed by atoms with Gasteiger partial charge in [-0.15, -0.1) is 0 Å². The Bertz CT molecular complexity index is 239. The number of carbonyl (C=O) groups is 3. The molecule has 0 aliphatic heterocycles.